The highest BCUT2D eigenvalue weighted by molar-refractivity contribution is 9.11. The summed E-state index contributed by atoms with van der Waals surface area (Å²) in [6, 6.07) is 17.6. The Hall–Kier alpha value is -2.44. The van der Waals surface area contributed by atoms with E-state index in [2.05, 4.69) is 31.6 Å². The van der Waals surface area contributed by atoms with Crippen LogP contribution in [0, 0.1) is 0 Å². The van der Waals surface area contributed by atoms with Gasteiger partial charge in [-0.3, -0.25) is 10.3 Å². The van der Waals surface area contributed by atoms with Gasteiger partial charge in [-0.25, -0.2) is 0 Å². The van der Waals surface area contributed by atoms with Gasteiger partial charge in [-0.05, 0) is 51.8 Å². The van der Waals surface area contributed by atoms with Gasteiger partial charge in [0.25, 0.3) is 0 Å². The quantitative estimate of drug-likeness (QED) is 0.700. The Labute approximate surface area is 141 Å². The van der Waals surface area contributed by atoms with Crippen molar-refractivity contribution in [2.75, 3.05) is 0 Å². The number of hydroxylamine groups is 1. The van der Waals surface area contributed by atoms with Crippen LogP contribution in [0.3, 0.4) is 0 Å². The summed E-state index contributed by atoms with van der Waals surface area (Å²) in [5, 5.41) is 8.23. The number of aromatic nitrogens is 2. The molecule has 0 spiro atoms. The van der Waals surface area contributed by atoms with Gasteiger partial charge in [-0.2, -0.15) is 0 Å². The van der Waals surface area contributed by atoms with Gasteiger partial charge in [-0.1, -0.05) is 30.3 Å². The van der Waals surface area contributed by atoms with Gasteiger partial charge in [-0.15, -0.1) is 10.2 Å². The number of hydrogen-bond acceptors (Lipinski definition) is 5. The Kier molecular flexibility index (Phi) is 3.69. The highest BCUT2D eigenvalue weighted by Gasteiger charge is 2.17. The van der Waals surface area contributed by atoms with Crippen molar-refractivity contribution in [1.29, 1.82) is 0 Å². The van der Waals surface area contributed by atoms with E-state index >= 15 is 0 Å². The third-order valence-electron chi connectivity index (χ3n) is 3.51. The van der Waals surface area contributed by atoms with E-state index in [9.17, 15) is 0 Å². The molecule has 1 aliphatic rings. The molecule has 0 radical (unpaired) electrons. The monoisotopic (exact) mass is 369 g/mol. The first-order valence-electron chi connectivity index (χ1n) is 7.08. The van der Waals surface area contributed by atoms with E-state index in [1.807, 2.05) is 60.7 Å². The SMILES string of the molecule is BrC1=C[C@@H](c2ccc(-c3nnc(-c4ccccc4)o3)cc2)ON1. The number of nitrogens with one attached hydrogen (secondary N) is 1. The molecule has 1 aliphatic heterocycles. The second-order valence-electron chi connectivity index (χ2n) is 5.06. The van der Waals surface area contributed by atoms with Crippen molar-refractivity contribution in [3.8, 4) is 22.9 Å². The summed E-state index contributed by atoms with van der Waals surface area (Å²) in [6.07, 6.45) is 1.84. The normalized spacial score (nSPS) is 16.9. The third kappa shape index (κ3) is 2.91. The molecule has 1 N–H and O–H groups in total. The van der Waals surface area contributed by atoms with Crippen molar-refractivity contribution >= 4 is 15.9 Å². The molecule has 0 saturated heterocycles. The second-order valence-corrected chi connectivity index (χ2v) is 5.91. The highest BCUT2D eigenvalue weighted by Crippen LogP contribution is 2.29. The second kappa shape index (κ2) is 5.98. The predicted molar refractivity (Wildman–Crippen MR) is 89.1 cm³/mol. The van der Waals surface area contributed by atoms with Crippen LogP contribution in [0.25, 0.3) is 22.9 Å². The molecule has 0 unspecified atom stereocenters. The van der Waals surface area contributed by atoms with Crippen LogP contribution in [0.4, 0.5) is 0 Å². The molecule has 114 valence electrons. The van der Waals surface area contributed by atoms with Crippen LogP contribution in [0.1, 0.15) is 11.7 Å². The number of rotatable bonds is 3. The lowest BCUT2D eigenvalue weighted by Crippen LogP contribution is -2.05. The van der Waals surface area contributed by atoms with Crippen molar-refractivity contribution in [3.63, 3.8) is 0 Å². The molecule has 3 aromatic rings. The topological polar surface area (TPSA) is 60.2 Å². The standard InChI is InChI=1S/C17H12BrN3O2/c18-15-10-14(23-21-15)11-6-8-13(9-7-11)17-20-19-16(22-17)12-4-2-1-3-5-12/h1-10,14,21H/t14-/m0/s1. The van der Waals surface area contributed by atoms with E-state index in [1.165, 1.54) is 0 Å². The molecule has 0 aliphatic carbocycles. The maximum absolute atomic E-state index is 5.75. The fraction of sp³-hybridized carbons (Fsp3) is 0.0588. The Morgan fingerprint density at radius 1 is 0.870 bits per heavy atom. The lowest BCUT2D eigenvalue weighted by Gasteiger charge is -2.07. The molecule has 0 bridgehead atoms. The molecule has 1 atom stereocenters. The first-order valence-corrected chi connectivity index (χ1v) is 7.87. The average Bonchev–Trinajstić information content (AvgIpc) is 3.25. The van der Waals surface area contributed by atoms with Gasteiger partial charge in [0, 0.05) is 11.1 Å². The van der Waals surface area contributed by atoms with Gasteiger partial charge in [0.05, 0.1) is 0 Å². The number of benzene rings is 2. The largest absolute Gasteiger partial charge is 0.416 e. The highest BCUT2D eigenvalue weighted by atomic mass is 79.9. The molecule has 2 heterocycles. The van der Waals surface area contributed by atoms with Crippen LogP contribution < -0.4 is 5.48 Å². The molecule has 0 saturated carbocycles. The minimum Gasteiger partial charge on any atom is -0.416 e. The molecule has 5 nitrogen and oxygen atoms in total. The molecule has 0 fully saturated rings. The Morgan fingerprint density at radius 2 is 1.52 bits per heavy atom. The summed E-state index contributed by atoms with van der Waals surface area (Å²) in [5.41, 5.74) is 5.59. The van der Waals surface area contributed by atoms with E-state index in [0.29, 0.717) is 11.8 Å². The fourth-order valence-electron chi connectivity index (χ4n) is 2.34. The van der Waals surface area contributed by atoms with Crippen LogP contribution >= 0.6 is 15.9 Å². The zero-order valence-electron chi connectivity index (χ0n) is 11.9. The molecule has 1 aromatic heterocycles. The van der Waals surface area contributed by atoms with Crippen molar-refractivity contribution in [2.24, 2.45) is 0 Å². The number of halogens is 1. The molecule has 4 rings (SSSR count). The van der Waals surface area contributed by atoms with Crippen molar-refractivity contribution in [2.45, 2.75) is 6.10 Å². The molecule has 0 amide bonds. The zero-order chi connectivity index (χ0) is 15.6. The Morgan fingerprint density at radius 3 is 2.13 bits per heavy atom. The van der Waals surface area contributed by atoms with Gasteiger partial charge in [0.2, 0.25) is 11.8 Å². The van der Waals surface area contributed by atoms with E-state index < -0.39 is 0 Å². The Bertz CT molecular complexity index is 844. The fourth-order valence-corrected chi connectivity index (χ4v) is 2.67. The van der Waals surface area contributed by atoms with Crippen LogP contribution in [0.5, 0.6) is 0 Å². The predicted octanol–water partition coefficient (Wildman–Crippen LogP) is 4.22. The summed E-state index contributed by atoms with van der Waals surface area (Å²) in [6.45, 7) is 0. The minimum absolute atomic E-state index is 0.110. The van der Waals surface area contributed by atoms with Crippen molar-refractivity contribution < 1.29 is 9.25 Å². The number of hydrogen-bond donors (Lipinski definition) is 1. The molecular formula is C17H12BrN3O2. The van der Waals surface area contributed by atoms with Crippen LogP contribution in [0.15, 0.2) is 69.7 Å². The lowest BCUT2D eigenvalue weighted by molar-refractivity contribution is 0.0458. The van der Waals surface area contributed by atoms with E-state index in [4.69, 9.17) is 9.25 Å². The van der Waals surface area contributed by atoms with Gasteiger partial charge < -0.3 is 4.42 Å². The van der Waals surface area contributed by atoms with Gasteiger partial charge in [0.15, 0.2) is 0 Å². The smallest absolute Gasteiger partial charge is 0.248 e. The summed E-state index contributed by atoms with van der Waals surface area (Å²) < 4.78 is 6.58. The minimum atomic E-state index is -0.110. The molecule has 2 aromatic carbocycles. The summed E-state index contributed by atoms with van der Waals surface area (Å²) in [4.78, 5) is 5.42. The van der Waals surface area contributed by atoms with Gasteiger partial charge >= 0.3 is 0 Å². The molecular weight excluding hydrogens is 358 g/mol. The van der Waals surface area contributed by atoms with Crippen molar-refractivity contribution in [1.82, 2.24) is 15.7 Å². The maximum Gasteiger partial charge on any atom is 0.248 e. The lowest BCUT2D eigenvalue weighted by atomic mass is 10.1. The van der Waals surface area contributed by atoms with E-state index in [-0.39, 0.29) is 6.10 Å². The Balaban J connectivity index is 1.58. The molecule has 23 heavy (non-hydrogen) atoms. The summed E-state index contributed by atoms with van der Waals surface area (Å²) in [7, 11) is 0. The molecule has 6 heteroatoms. The summed E-state index contributed by atoms with van der Waals surface area (Å²) >= 11 is 3.34. The van der Waals surface area contributed by atoms with E-state index in [0.717, 1.165) is 21.3 Å². The van der Waals surface area contributed by atoms with E-state index in [1.54, 1.807) is 0 Å². The third-order valence-corrected chi connectivity index (χ3v) is 3.94. The van der Waals surface area contributed by atoms with Crippen LogP contribution in [-0.2, 0) is 4.84 Å². The summed E-state index contributed by atoms with van der Waals surface area (Å²) in [5.74, 6) is 1.01. The maximum atomic E-state index is 5.75. The van der Waals surface area contributed by atoms with Gasteiger partial charge in [0.1, 0.15) is 10.7 Å². The van der Waals surface area contributed by atoms with Crippen LogP contribution in [-0.4, -0.2) is 10.2 Å². The number of nitrogens with zero attached hydrogens (tertiary/aromatic N) is 2. The van der Waals surface area contributed by atoms with Crippen molar-refractivity contribution in [3.05, 3.63) is 70.8 Å². The van der Waals surface area contributed by atoms with Crippen LogP contribution in [0.2, 0.25) is 0 Å². The first kappa shape index (κ1) is 14.2. The zero-order valence-corrected chi connectivity index (χ0v) is 13.5. The average molecular weight is 370 g/mol. The first-order chi connectivity index (χ1) is 11.3.